The zero-order chi connectivity index (χ0) is 14.2. The standard InChI is InChI=1S/C18H20N2S/c1-12-10-21-11-13(12)9-19-17-8-4-6-15-14-5-2-3-7-16(14)20-18(15)17/h2-3,5,7,10-11,17,19-20H,4,6,8-9H2,1H3. The molecule has 2 N–H and O–H groups in total. The van der Waals surface area contributed by atoms with E-state index in [9.17, 15) is 0 Å². The van der Waals surface area contributed by atoms with Crippen LogP contribution in [0.2, 0.25) is 0 Å². The van der Waals surface area contributed by atoms with Gasteiger partial charge >= 0.3 is 0 Å². The van der Waals surface area contributed by atoms with Gasteiger partial charge in [-0.25, -0.2) is 0 Å². The van der Waals surface area contributed by atoms with Crippen LogP contribution in [0.5, 0.6) is 0 Å². The summed E-state index contributed by atoms with van der Waals surface area (Å²) in [6, 6.07) is 9.15. The van der Waals surface area contributed by atoms with Crippen LogP contribution in [-0.2, 0) is 13.0 Å². The molecule has 1 aromatic carbocycles. The van der Waals surface area contributed by atoms with Crippen molar-refractivity contribution in [2.45, 2.75) is 38.8 Å². The van der Waals surface area contributed by atoms with E-state index in [1.54, 1.807) is 11.3 Å². The first kappa shape index (κ1) is 13.1. The van der Waals surface area contributed by atoms with Crippen LogP contribution in [0.15, 0.2) is 35.0 Å². The Balaban J connectivity index is 1.62. The lowest BCUT2D eigenvalue weighted by Gasteiger charge is -2.24. The van der Waals surface area contributed by atoms with Crippen LogP contribution in [0.4, 0.5) is 0 Å². The molecule has 0 bridgehead atoms. The maximum Gasteiger partial charge on any atom is 0.0478 e. The third kappa shape index (κ3) is 2.30. The summed E-state index contributed by atoms with van der Waals surface area (Å²) in [6.45, 7) is 3.16. The van der Waals surface area contributed by atoms with Crippen LogP contribution in [0, 0.1) is 6.92 Å². The number of benzene rings is 1. The molecule has 108 valence electrons. The molecule has 3 heteroatoms. The number of fused-ring (bicyclic) bond motifs is 3. The number of para-hydroxylation sites is 1. The average Bonchev–Trinajstić information content (AvgIpc) is 3.09. The highest BCUT2D eigenvalue weighted by molar-refractivity contribution is 7.08. The van der Waals surface area contributed by atoms with Crippen molar-refractivity contribution in [3.05, 3.63) is 57.4 Å². The van der Waals surface area contributed by atoms with Gasteiger partial charge in [0.1, 0.15) is 0 Å². The predicted octanol–water partition coefficient (Wildman–Crippen LogP) is 4.71. The minimum atomic E-state index is 0.459. The first-order valence-corrected chi connectivity index (χ1v) is 8.62. The summed E-state index contributed by atoms with van der Waals surface area (Å²) >= 11 is 1.79. The molecule has 0 radical (unpaired) electrons. The zero-order valence-corrected chi connectivity index (χ0v) is 13.1. The van der Waals surface area contributed by atoms with Crippen LogP contribution in [0.25, 0.3) is 10.9 Å². The van der Waals surface area contributed by atoms with Crippen molar-refractivity contribution in [3.8, 4) is 0 Å². The Morgan fingerprint density at radius 1 is 1.29 bits per heavy atom. The van der Waals surface area contributed by atoms with Crippen molar-refractivity contribution >= 4 is 22.2 Å². The number of thiophene rings is 1. The Morgan fingerprint density at radius 2 is 2.19 bits per heavy atom. The summed E-state index contributed by atoms with van der Waals surface area (Å²) < 4.78 is 0. The molecular formula is C18H20N2S. The second kappa shape index (κ2) is 5.32. The van der Waals surface area contributed by atoms with Gasteiger partial charge in [-0.1, -0.05) is 18.2 Å². The van der Waals surface area contributed by atoms with Gasteiger partial charge in [0.05, 0.1) is 0 Å². The Kier molecular flexibility index (Phi) is 3.32. The van der Waals surface area contributed by atoms with Crippen molar-refractivity contribution < 1.29 is 0 Å². The summed E-state index contributed by atoms with van der Waals surface area (Å²) in [5, 5.41) is 9.66. The molecule has 0 aliphatic heterocycles. The summed E-state index contributed by atoms with van der Waals surface area (Å²) in [4.78, 5) is 3.65. The molecule has 2 aromatic heterocycles. The maximum absolute atomic E-state index is 3.76. The van der Waals surface area contributed by atoms with Gasteiger partial charge in [-0.05, 0) is 59.7 Å². The van der Waals surface area contributed by atoms with Gasteiger partial charge in [-0.15, -0.1) is 0 Å². The normalized spacial score (nSPS) is 18.0. The molecule has 0 amide bonds. The van der Waals surface area contributed by atoms with Crippen LogP contribution in [-0.4, -0.2) is 4.98 Å². The number of nitrogens with one attached hydrogen (secondary N) is 2. The minimum absolute atomic E-state index is 0.459. The van der Waals surface area contributed by atoms with E-state index in [2.05, 4.69) is 52.3 Å². The highest BCUT2D eigenvalue weighted by atomic mass is 32.1. The lowest BCUT2D eigenvalue weighted by molar-refractivity contribution is 0.452. The fraction of sp³-hybridized carbons (Fsp3) is 0.333. The second-order valence-corrected chi connectivity index (χ2v) is 6.71. The van der Waals surface area contributed by atoms with E-state index < -0.39 is 0 Å². The predicted molar refractivity (Wildman–Crippen MR) is 89.9 cm³/mol. The maximum atomic E-state index is 3.76. The lowest BCUT2D eigenvalue weighted by Crippen LogP contribution is -2.24. The van der Waals surface area contributed by atoms with E-state index in [1.165, 1.54) is 52.5 Å². The SMILES string of the molecule is Cc1cscc1CNC1CCCc2c1[nH]c1ccccc21. The molecule has 1 aliphatic carbocycles. The second-order valence-electron chi connectivity index (χ2n) is 5.97. The molecule has 2 heterocycles. The van der Waals surface area contributed by atoms with E-state index >= 15 is 0 Å². The van der Waals surface area contributed by atoms with Crippen molar-refractivity contribution in [2.75, 3.05) is 0 Å². The van der Waals surface area contributed by atoms with E-state index in [1.807, 2.05) is 0 Å². The Labute approximate surface area is 129 Å². The minimum Gasteiger partial charge on any atom is -0.357 e. The Hall–Kier alpha value is -1.58. The average molecular weight is 296 g/mol. The van der Waals surface area contributed by atoms with Crippen molar-refractivity contribution in [1.82, 2.24) is 10.3 Å². The number of H-pyrrole nitrogens is 1. The Morgan fingerprint density at radius 3 is 3.05 bits per heavy atom. The third-order valence-corrected chi connectivity index (χ3v) is 5.53. The smallest absolute Gasteiger partial charge is 0.0478 e. The van der Waals surface area contributed by atoms with Gasteiger partial charge in [0.15, 0.2) is 0 Å². The van der Waals surface area contributed by atoms with Gasteiger partial charge in [0, 0.05) is 29.2 Å². The molecule has 4 rings (SSSR count). The summed E-state index contributed by atoms with van der Waals surface area (Å²) in [5.74, 6) is 0. The Bertz CT molecular complexity index is 768. The zero-order valence-electron chi connectivity index (χ0n) is 12.3. The molecule has 0 saturated carbocycles. The van der Waals surface area contributed by atoms with Gasteiger partial charge in [0.25, 0.3) is 0 Å². The summed E-state index contributed by atoms with van der Waals surface area (Å²) in [7, 11) is 0. The fourth-order valence-corrected chi connectivity index (χ4v) is 4.28. The first-order valence-electron chi connectivity index (χ1n) is 7.67. The van der Waals surface area contributed by atoms with E-state index in [0.717, 1.165) is 6.54 Å². The molecule has 0 saturated heterocycles. The molecule has 1 aliphatic rings. The topological polar surface area (TPSA) is 27.8 Å². The number of rotatable bonds is 3. The number of aromatic amines is 1. The van der Waals surface area contributed by atoms with Crippen molar-refractivity contribution in [1.29, 1.82) is 0 Å². The number of hydrogen-bond donors (Lipinski definition) is 2. The molecule has 0 spiro atoms. The fourth-order valence-electron chi connectivity index (χ4n) is 3.42. The van der Waals surface area contributed by atoms with Crippen LogP contribution >= 0.6 is 11.3 Å². The highest BCUT2D eigenvalue weighted by Crippen LogP contribution is 2.34. The van der Waals surface area contributed by atoms with Gasteiger partial charge in [-0.2, -0.15) is 11.3 Å². The molecule has 21 heavy (non-hydrogen) atoms. The molecule has 0 fully saturated rings. The monoisotopic (exact) mass is 296 g/mol. The molecule has 3 aromatic rings. The van der Waals surface area contributed by atoms with E-state index in [0.29, 0.717) is 6.04 Å². The molecule has 1 atom stereocenters. The molecular weight excluding hydrogens is 276 g/mol. The van der Waals surface area contributed by atoms with E-state index in [-0.39, 0.29) is 0 Å². The van der Waals surface area contributed by atoms with Crippen molar-refractivity contribution in [2.24, 2.45) is 0 Å². The highest BCUT2D eigenvalue weighted by Gasteiger charge is 2.23. The largest absolute Gasteiger partial charge is 0.357 e. The van der Waals surface area contributed by atoms with Crippen LogP contribution in [0.3, 0.4) is 0 Å². The molecule has 1 unspecified atom stereocenters. The van der Waals surface area contributed by atoms with Gasteiger partial charge in [-0.3, -0.25) is 0 Å². The summed E-state index contributed by atoms with van der Waals surface area (Å²) in [5.41, 5.74) is 7.05. The lowest BCUT2D eigenvalue weighted by atomic mass is 9.91. The third-order valence-electron chi connectivity index (χ3n) is 4.62. The van der Waals surface area contributed by atoms with Crippen LogP contribution in [0.1, 0.15) is 41.3 Å². The number of aromatic nitrogens is 1. The molecule has 2 nitrogen and oxygen atoms in total. The first-order chi connectivity index (χ1) is 10.3. The van der Waals surface area contributed by atoms with E-state index in [4.69, 9.17) is 0 Å². The van der Waals surface area contributed by atoms with Crippen LogP contribution < -0.4 is 5.32 Å². The van der Waals surface area contributed by atoms with Gasteiger partial charge in [0.2, 0.25) is 0 Å². The number of aryl methyl sites for hydroxylation is 2. The van der Waals surface area contributed by atoms with Crippen molar-refractivity contribution in [3.63, 3.8) is 0 Å². The van der Waals surface area contributed by atoms with Gasteiger partial charge < -0.3 is 10.3 Å². The quantitative estimate of drug-likeness (QED) is 0.720. The number of hydrogen-bond acceptors (Lipinski definition) is 2. The summed E-state index contributed by atoms with van der Waals surface area (Å²) in [6.07, 6.45) is 3.70.